The standard InChI is InChI=1S/C13H15ClN4O2S/c14-10-5-4-8(21-10)7-11(19)18-6-2-1-3-9(18)12-15-13(20)17-16-12/h4-5,9H,1-3,6-7H2,(H2,15,16,17,20). The Balaban J connectivity index is 1.77. The molecule has 1 unspecified atom stereocenters. The third-order valence-corrected chi connectivity index (χ3v) is 4.84. The van der Waals surface area contributed by atoms with Crippen LogP contribution in [0.1, 0.15) is 36.0 Å². The van der Waals surface area contributed by atoms with Gasteiger partial charge in [-0.1, -0.05) is 11.6 Å². The summed E-state index contributed by atoms with van der Waals surface area (Å²) in [6.07, 6.45) is 3.15. The number of amides is 1. The van der Waals surface area contributed by atoms with E-state index < -0.39 is 0 Å². The lowest BCUT2D eigenvalue weighted by Gasteiger charge is -2.34. The van der Waals surface area contributed by atoms with E-state index in [4.69, 9.17) is 11.6 Å². The molecule has 1 aliphatic heterocycles. The van der Waals surface area contributed by atoms with Crippen LogP contribution in [-0.2, 0) is 11.2 Å². The number of carbonyl (C=O) groups excluding carboxylic acids is 1. The van der Waals surface area contributed by atoms with Gasteiger partial charge >= 0.3 is 5.69 Å². The van der Waals surface area contributed by atoms with Gasteiger partial charge < -0.3 is 4.90 Å². The smallest absolute Gasteiger partial charge is 0.332 e. The van der Waals surface area contributed by atoms with Crippen molar-refractivity contribution in [2.45, 2.75) is 31.7 Å². The highest BCUT2D eigenvalue weighted by Gasteiger charge is 2.30. The molecule has 1 atom stereocenters. The quantitative estimate of drug-likeness (QED) is 0.906. The van der Waals surface area contributed by atoms with Crippen LogP contribution in [0, 0.1) is 0 Å². The van der Waals surface area contributed by atoms with E-state index in [1.807, 2.05) is 11.0 Å². The van der Waals surface area contributed by atoms with Gasteiger partial charge in [-0.25, -0.2) is 9.89 Å². The molecule has 0 saturated carbocycles. The summed E-state index contributed by atoms with van der Waals surface area (Å²) in [6.45, 7) is 0.692. The van der Waals surface area contributed by atoms with Crippen LogP contribution in [-0.4, -0.2) is 32.5 Å². The summed E-state index contributed by atoms with van der Waals surface area (Å²) >= 11 is 7.32. The van der Waals surface area contributed by atoms with Gasteiger partial charge in [0, 0.05) is 11.4 Å². The molecule has 3 rings (SSSR count). The molecule has 2 aromatic heterocycles. The van der Waals surface area contributed by atoms with Gasteiger partial charge in [0.05, 0.1) is 16.8 Å². The minimum atomic E-state index is -0.340. The molecule has 2 N–H and O–H groups in total. The van der Waals surface area contributed by atoms with Crippen molar-refractivity contribution in [3.63, 3.8) is 0 Å². The molecule has 2 aromatic rings. The van der Waals surface area contributed by atoms with E-state index in [1.165, 1.54) is 11.3 Å². The monoisotopic (exact) mass is 326 g/mol. The van der Waals surface area contributed by atoms with Crippen molar-refractivity contribution in [3.05, 3.63) is 37.7 Å². The van der Waals surface area contributed by atoms with Crippen molar-refractivity contribution in [2.75, 3.05) is 6.54 Å². The molecular formula is C13H15ClN4O2S. The van der Waals surface area contributed by atoms with Crippen LogP contribution in [0.4, 0.5) is 0 Å². The first-order valence-corrected chi connectivity index (χ1v) is 8.01. The largest absolute Gasteiger partial charge is 0.340 e. The number of likely N-dealkylation sites (tertiary alicyclic amines) is 1. The Morgan fingerprint density at radius 2 is 2.33 bits per heavy atom. The number of piperidine rings is 1. The highest BCUT2D eigenvalue weighted by molar-refractivity contribution is 7.16. The minimum Gasteiger partial charge on any atom is -0.332 e. The molecule has 112 valence electrons. The maximum absolute atomic E-state index is 12.5. The van der Waals surface area contributed by atoms with Crippen molar-refractivity contribution in [1.82, 2.24) is 20.1 Å². The maximum atomic E-state index is 12.5. The predicted molar refractivity (Wildman–Crippen MR) is 80.5 cm³/mol. The van der Waals surface area contributed by atoms with E-state index >= 15 is 0 Å². The molecule has 6 nitrogen and oxygen atoms in total. The average Bonchev–Trinajstić information content (AvgIpc) is 3.07. The van der Waals surface area contributed by atoms with Crippen LogP contribution in [0.15, 0.2) is 16.9 Å². The topological polar surface area (TPSA) is 81.8 Å². The zero-order valence-electron chi connectivity index (χ0n) is 11.3. The number of H-pyrrole nitrogens is 2. The maximum Gasteiger partial charge on any atom is 0.340 e. The molecule has 0 aliphatic carbocycles. The Kier molecular flexibility index (Phi) is 4.12. The van der Waals surface area contributed by atoms with Crippen LogP contribution in [0.25, 0.3) is 0 Å². The lowest BCUT2D eigenvalue weighted by atomic mass is 10.0. The first-order valence-electron chi connectivity index (χ1n) is 6.82. The molecule has 0 spiro atoms. The number of halogens is 1. The van der Waals surface area contributed by atoms with Gasteiger partial charge in [0.2, 0.25) is 5.91 Å². The number of nitrogens with one attached hydrogen (secondary N) is 2. The number of hydrogen-bond donors (Lipinski definition) is 2. The van der Waals surface area contributed by atoms with Gasteiger partial charge in [0.25, 0.3) is 0 Å². The van der Waals surface area contributed by atoms with Crippen molar-refractivity contribution in [1.29, 1.82) is 0 Å². The third kappa shape index (κ3) is 3.19. The zero-order valence-corrected chi connectivity index (χ0v) is 12.8. The summed E-state index contributed by atoms with van der Waals surface area (Å²) in [7, 11) is 0. The summed E-state index contributed by atoms with van der Waals surface area (Å²) in [5.74, 6) is 0.583. The summed E-state index contributed by atoms with van der Waals surface area (Å²) in [5.41, 5.74) is -0.340. The SMILES string of the molecule is O=C(Cc1ccc(Cl)s1)N1CCCCC1c1n[nH]c(=O)[nH]1. The molecule has 0 radical (unpaired) electrons. The van der Waals surface area contributed by atoms with Crippen molar-refractivity contribution < 1.29 is 4.79 Å². The summed E-state index contributed by atoms with van der Waals surface area (Å²) in [5, 5.41) is 6.34. The van der Waals surface area contributed by atoms with Crippen molar-refractivity contribution in [3.8, 4) is 0 Å². The number of rotatable bonds is 3. The van der Waals surface area contributed by atoms with E-state index in [0.717, 1.165) is 24.1 Å². The van der Waals surface area contributed by atoms with Crippen LogP contribution < -0.4 is 5.69 Å². The molecule has 21 heavy (non-hydrogen) atoms. The summed E-state index contributed by atoms with van der Waals surface area (Å²) < 4.78 is 0.685. The number of aromatic amines is 2. The molecule has 0 aromatic carbocycles. The molecule has 1 aliphatic rings. The highest BCUT2D eigenvalue weighted by atomic mass is 35.5. The fourth-order valence-corrected chi connectivity index (χ4v) is 3.73. The Labute approximate surface area is 130 Å². The molecule has 1 amide bonds. The molecule has 8 heteroatoms. The number of nitrogens with zero attached hydrogens (tertiary/aromatic N) is 2. The number of hydrogen-bond acceptors (Lipinski definition) is 4. The highest BCUT2D eigenvalue weighted by Crippen LogP contribution is 2.30. The van der Waals surface area contributed by atoms with E-state index in [1.54, 1.807) is 6.07 Å². The molecule has 1 saturated heterocycles. The Morgan fingerprint density at radius 1 is 1.48 bits per heavy atom. The van der Waals surface area contributed by atoms with Gasteiger partial charge in [-0.05, 0) is 31.4 Å². The second-order valence-electron chi connectivity index (χ2n) is 5.04. The summed E-state index contributed by atoms with van der Waals surface area (Å²) in [4.78, 5) is 29.2. The Morgan fingerprint density at radius 3 is 3.00 bits per heavy atom. The van der Waals surface area contributed by atoms with Crippen LogP contribution >= 0.6 is 22.9 Å². The lowest BCUT2D eigenvalue weighted by Crippen LogP contribution is -2.39. The molecule has 3 heterocycles. The normalized spacial score (nSPS) is 18.9. The number of aromatic nitrogens is 3. The first-order chi connectivity index (χ1) is 10.1. The average molecular weight is 327 g/mol. The van der Waals surface area contributed by atoms with Gasteiger partial charge in [-0.2, -0.15) is 5.10 Å². The Bertz CT molecular complexity index is 692. The second-order valence-corrected chi connectivity index (χ2v) is 6.84. The molecular weight excluding hydrogens is 312 g/mol. The second kappa shape index (κ2) is 6.03. The third-order valence-electron chi connectivity index (χ3n) is 3.61. The minimum absolute atomic E-state index is 0.0436. The fourth-order valence-electron chi connectivity index (χ4n) is 2.65. The number of carbonyl (C=O) groups is 1. The first kappa shape index (κ1) is 14.3. The predicted octanol–water partition coefficient (Wildman–Crippen LogP) is 2.11. The molecule has 1 fully saturated rings. The van der Waals surface area contributed by atoms with Crippen molar-refractivity contribution >= 4 is 28.8 Å². The van der Waals surface area contributed by atoms with E-state index in [0.29, 0.717) is 23.1 Å². The van der Waals surface area contributed by atoms with E-state index in [9.17, 15) is 9.59 Å². The lowest BCUT2D eigenvalue weighted by molar-refractivity contribution is -0.134. The number of thiophene rings is 1. The van der Waals surface area contributed by atoms with E-state index in [2.05, 4.69) is 15.2 Å². The van der Waals surface area contributed by atoms with Gasteiger partial charge in [-0.15, -0.1) is 11.3 Å². The zero-order chi connectivity index (χ0) is 14.8. The van der Waals surface area contributed by atoms with Gasteiger partial charge in [0.1, 0.15) is 0 Å². The van der Waals surface area contributed by atoms with Gasteiger partial charge in [-0.3, -0.25) is 9.78 Å². The fraction of sp³-hybridized carbons (Fsp3) is 0.462. The van der Waals surface area contributed by atoms with Crippen LogP contribution in [0.2, 0.25) is 4.34 Å². The summed E-state index contributed by atoms with van der Waals surface area (Å²) in [6, 6.07) is 3.52. The van der Waals surface area contributed by atoms with E-state index in [-0.39, 0.29) is 17.6 Å². The van der Waals surface area contributed by atoms with Crippen LogP contribution in [0.3, 0.4) is 0 Å². The van der Waals surface area contributed by atoms with Gasteiger partial charge in [0.15, 0.2) is 5.82 Å². The Hall–Kier alpha value is -1.60. The van der Waals surface area contributed by atoms with Crippen LogP contribution in [0.5, 0.6) is 0 Å². The molecule has 0 bridgehead atoms. The van der Waals surface area contributed by atoms with Crippen molar-refractivity contribution in [2.24, 2.45) is 0 Å².